The Morgan fingerprint density at radius 2 is 1.95 bits per heavy atom. The molecule has 0 spiro atoms. The molecule has 2 rings (SSSR count). The molecular weight excluding hydrogens is 312 g/mol. The lowest BCUT2D eigenvalue weighted by Gasteiger charge is -2.26. The summed E-state index contributed by atoms with van der Waals surface area (Å²) < 4.78 is 26.7. The number of alkyl halides is 1. The van der Waals surface area contributed by atoms with Crippen LogP contribution in [0.25, 0.3) is 0 Å². The number of benzene rings is 1. The summed E-state index contributed by atoms with van der Waals surface area (Å²) in [6, 6.07) is 4.78. The van der Waals surface area contributed by atoms with Gasteiger partial charge >= 0.3 is 0 Å². The van der Waals surface area contributed by atoms with Gasteiger partial charge in [-0.15, -0.1) is 11.6 Å². The fourth-order valence-corrected chi connectivity index (χ4v) is 3.94. The maximum atomic E-state index is 12.6. The van der Waals surface area contributed by atoms with E-state index in [0.717, 1.165) is 24.8 Å². The smallest absolute Gasteiger partial charge is 0.243 e. The first-order chi connectivity index (χ1) is 9.95. The molecule has 1 fully saturated rings. The standard InChI is InChI=1S/C14H19ClN2O3S/c1-11-5-6-12(9-13(11)16-14(18)10-15)21(19,20)17-7-3-2-4-8-17/h5-6,9H,2-4,7-8,10H2,1H3,(H,16,18). The van der Waals surface area contributed by atoms with Crippen molar-refractivity contribution in [3.63, 3.8) is 0 Å². The van der Waals surface area contributed by atoms with E-state index in [1.54, 1.807) is 19.1 Å². The molecule has 0 saturated carbocycles. The molecule has 0 aromatic heterocycles. The molecule has 7 heteroatoms. The molecule has 1 saturated heterocycles. The van der Waals surface area contributed by atoms with Gasteiger partial charge in [-0.25, -0.2) is 8.42 Å². The number of halogens is 1. The number of nitrogens with zero attached hydrogens (tertiary/aromatic N) is 1. The third-order valence-corrected chi connectivity index (χ3v) is 5.69. The number of sulfonamides is 1. The fraction of sp³-hybridized carbons (Fsp3) is 0.500. The molecule has 116 valence electrons. The van der Waals surface area contributed by atoms with Gasteiger partial charge in [0.1, 0.15) is 5.88 Å². The van der Waals surface area contributed by atoms with E-state index in [1.165, 1.54) is 10.4 Å². The first kappa shape index (κ1) is 16.3. The van der Waals surface area contributed by atoms with Crippen LogP contribution in [0.3, 0.4) is 0 Å². The second-order valence-electron chi connectivity index (χ2n) is 5.12. The molecule has 1 aromatic rings. The maximum absolute atomic E-state index is 12.6. The Hall–Kier alpha value is -1.11. The Kier molecular flexibility index (Phi) is 5.24. The van der Waals surface area contributed by atoms with Crippen LogP contribution in [0.4, 0.5) is 5.69 Å². The van der Waals surface area contributed by atoms with Crippen LogP contribution in [0.15, 0.2) is 23.1 Å². The number of carbonyl (C=O) groups is 1. The van der Waals surface area contributed by atoms with Crippen LogP contribution in [0.5, 0.6) is 0 Å². The normalized spacial score (nSPS) is 16.7. The summed E-state index contributed by atoms with van der Waals surface area (Å²) >= 11 is 5.47. The van der Waals surface area contributed by atoms with Gasteiger partial charge in [-0.1, -0.05) is 12.5 Å². The Bertz CT molecular complexity index is 625. The van der Waals surface area contributed by atoms with Crippen molar-refractivity contribution in [2.75, 3.05) is 24.3 Å². The molecule has 1 heterocycles. The fourth-order valence-electron chi connectivity index (χ4n) is 2.33. The van der Waals surface area contributed by atoms with Crippen molar-refractivity contribution in [1.82, 2.24) is 4.31 Å². The minimum absolute atomic E-state index is 0.164. The number of aryl methyl sites for hydroxylation is 1. The minimum atomic E-state index is -3.49. The highest BCUT2D eigenvalue weighted by Gasteiger charge is 2.26. The van der Waals surface area contributed by atoms with Crippen LogP contribution in [0.2, 0.25) is 0 Å². The zero-order valence-corrected chi connectivity index (χ0v) is 13.5. The number of piperidine rings is 1. The molecule has 1 aromatic carbocycles. The molecule has 0 atom stereocenters. The number of hydrogen-bond acceptors (Lipinski definition) is 3. The molecule has 1 aliphatic heterocycles. The van der Waals surface area contributed by atoms with Crippen molar-refractivity contribution in [1.29, 1.82) is 0 Å². The molecule has 21 heavy (non-hydrogen) atoms. The van der Waals surface area contributed by atoms with Crippen LogP contribution in [0, 0.1) is 6.92 Å². The molecule has 1 aliphatic rings. The largest absolute Gasteiger partial charge is 0.325 e. The number of anilines is 1. The van der Waals surface area contributed by atoms with Gasteiger partial charge in [-0.3, -0.25) is 4.79 Å². The lowest BCUT2D eigenvalue weighted by molar-refractivity contribution is -0.113. The second-order valence-corrected chi connectivity index (χ2v) is 7.33. The average molecular weight is 331 g/mol. The molecule has 0 aliphatic carbocycles. The van der Waals surface area contributed by atoms with Crippen molar-refractivity contribution in [3.05, 3.63) is 23.8 Å². The van der Waals surface area contributed by atoms with E-state index in [-0.39, 0.29) is 16.7 Å². The third-order valence-electron chi connectivity index (χ3n) is 3.56. The first-order valence-electron chi connectivity index (χ1n) is 6.92. The second kappa shape index (κ2) is 6.77. The zero-order chi connectivity index (χ0) is 15.5. The minimum Gasteiger partial charge on any atom is -0.325 e. The van der Waals surface area contributed by atoms with Crippen LogP contribution < -0.4 is 5.32 Å². The van der Waals surface area contributed by atoms with Crippen molar-refractivity contribution < 1.29 is 13.2 Å². The summed E-state index contributed by atoms with van der Waals surface area (Å²) in [5.74, 6) is -0.519. The maximum Gasteiger partial charge on any atom is 0.243 e. The highest BCUT2D eigenvalue weighted by molar-refractivity contribution is 7.89. The van der Waals surface area contributed by atoms with E-state index in [4.69, 9.17) is 11.6 Å². The highest BCUT2D eigenvalue weighted by atomic mass is 35.5. The zero-order valence-electron chi connectivity index (χ0n) is 11.9. The van der Waals surface area contributed by atoms with E-state index in [9.17, 15) is 13.2 Å². The van der Waals surface area contributed by atoms with E-state index >= 15 is 0 Å². The van der Waals surface area contributed by atoms with Gasteiger partial charge in [0.15, 0.2) is 0 Å². The molecule has 0 radical (unpaired) electrons. The summed E-state index contributed by atoms with van der Waals surface area (Å²) in [6.07, 6.45) is 2.85. The summed E-state index contributed by atoms with van der Waals surface area (Å²) in [5, 5.41) is 2.62. The molecule has 5 nitrogen and oxygen atoms in total. The summed E-state index contributed by atoms with van der Waals surface area (Å²) in [7, 11) is -3.49. The van der Waals surface area contributed by atoms with Gasteiger partial charge in [0, 0.05) is 18.8 Å². The van der Waals surface area contributed by atoms with Crippen molar-refractivity contribution >= 4 is 33.2 Å². The van der Waals surface area contributed by atoms with Crippen molar-refractivity contribution in [2.45, 2.75) is 31.1 Å². The molecule has 0 unspecified atom stereocenters. The van der Waals surface area contributed by atoms with Crippen LogP contribution in [-0.2, 0) is 14.8 Å². The van der Waals surface area contributed by atoms with E-state index in [0.29, 0.717) is 18.8 Å². The van der Waals surface area contributed by atoms with E-state index in [2.05, 4.69) is 5.32 Å². The Morgan fingerprint density at radius 3 is 2.57 bits per heavy atom. The molecule has 0 bridgehead atoms. The Balaban J connectivity index is 2.30. The van der Waals surface area contributed by atoms with Gasteiger partial charge in [-0.2, -0.15) is 4.31 Å². The van der Waals surface area contributed by atoms with Crippen LogP contribution in [-0.4, -0.2) is 37.6 Å². The predicted molar refractivity (Wildman–Crippen MR) is 83.1 cm³/mol. The summed E-state index contributed by atoms with van der Waals surface area (Å²) in [5.41, 5.74) is 1.28. The SMILES string of the molecule is Cc1ccc(S(=O)(=O)N2CCCCC2)cc1NC(=O)CCl. The van der Waals surface area contributed by atoms with Crippen LogP contribution >= 0.6 is 11.6 Å². The van der Waals surface area contributed by atoms with E-state index in [1.807, 2.05) is 0 Å². The number of amides is 1. The van der Waals surface area contributed by atoms with Gasteiger partial charge in [-0.05, 0) is 37.5 Å². The predicted octanol–water partition coefficient (Wildman–Crippen LogP) is 2.35. The van der Waals surface area contributed by atoms with Gasteiger partial charge < -0.3 is 5.32 Å². The lowest BCUT2D eigenvalue weighted by atomic mass is 10.2. The Morgan fingerprint density at radius 1 is 1.29 bits per heavy atom. The topological polar surface area (TPSA) is 66.5 Å². The highest BCUT2D eigenvalue weighted by Crippen LogP contribution is 2.25. The van der Waals surface area contributed by atoms with Gasteiger partial charge in [0.05, 0.1) is 4.90 Å². The monoisotopic (exact) mass is 330 g/mol. The first-order valence-corrected chi connectivity index (χ1v) is 8.89. The number of rotatable bonds is 4. The third kappa shape index (κ3) is 3.75. The van der Waals surface area contributed by atoms with Crippen molar-refractivity contribution in [2.24, 2.45) is 0 Å². The summed E-state index contributed by atoms with van der Waals surface area (Å²) in [4.78, 5) is 11.6. The van der Waals surface area contributed by atoms with E-state index < -0.39 is 10.0 Å². The van der Waals surface area contributed by atoms with Crippen molar-refractivity contribution in [3.8, 4) is 0 Å². The molecular formula is C14H19ClN2O3S. The molecule has 1 amide bonds. The van der Waals surface area contributed by atoms with Crippen LogP contribution in [0.1, 0.15) is 24.8 Å². The number of hydrogen-bond donors (Lipinski definition) is 1. The lowest BCUT2D eigenvalue weighted by Crippen LogP contribution is -2.35. The van der Waals surface area contributed by atoms with Gasteiger partial charge in [0.2, 0.25) is 15.9 Å². The quantitative estimate of drug-likeness (QED) is 0.862. The molecule has 1 N–H and O–H groups in total. The van der Waals surface area contributed by atoms with Gasteiger partial charge in [0.25, 0.3) is 0 Å². The number of carbonyl (C=O) groups excluding carboxylic acids is 1. The Labute approximate surface area is 130 Å². The average Bonchev–Trinajstić information content (AvgIpc) is 2.50. The summed E-state index contributed by atoms with van der Waals surface area (Å²) in [6.45, 7) is 2.92. The number of nitrogens with one attached hydrogen (secondary N) is 1.